The third-order valence-electron chi connectivity index (χ3n) is 2.34. The molecule has 0 aromatic heterocycles. The largest absolute Gasteiger partial charge is 0.473 e. The maximum Gasteiger partial charge on any atom is 0.375 e. The Bertz CT molecular complexity index is 280. The Morgan fingerprint density at radius 3 is 1.95 bits per heavy atom. The summed E-state index contributed by atoms with van der Waals surface area (Å²) in [4.78, 5) is 23.2. The van der Waals surface area contributed by atoms with Crippen LogP contribution < -0.4 is 0 Å². The van der Waals surface area contributed by atoms with Gasteiger partial charge < -0.3 is 14.9 Å². The van der Waals surface area contributed by atoms with Crippen LogP contribution in [0.1, 0.15) is 0 Å². The highest BCUT2D eigenvalue weighted by Crippen LogP contribution is 2.29. The molecule has 0 spiro atoms. The molecule has 1 heterocycles. The van der Waals surface area contributed by atoms with Crippen molar-refractivity contribution < 1.29 is 24.5 Å². The summed E-state index contributed by atoms with van der Waals surface area (Å²) in [6.07, 6.45) is 0. The van der Waals surface area contributed by atoms with Gasteiger partial charge in [-0.15, -0.1) is 0 Å². The summed E-state index contributed by atoms with van der Waals surface area (Å²) >= 11 is 0. The molecular formula is C9H15NO5S4. The zero-order chi connectivity index (χ0) is 14.1. The van der Waals surface area contributed by atoms with Crippen LogP contribution in [-0.2, 0) is 4.74 Å². The van der Waals surface area contributed by atoms with Gasteiger partial charge >= 0.3 is 10.6 Å². The average molecular weight is 345 g/mol. The van der Waals surface area contributed by atoms with Crippen molar-refractivity contribution >= 4 is 53.8 Å². The van der Waals surface area contributed by atoms with Crippen molar-refractivity contribution in [2.75, 3.05) is 37.8 Å². The molecule has 0 aliphatic carbocycles. The van der Waals surface area contributed by atoms with Gasteiger partial charge in [-0.05, 0) is 0 Å². The molecular weight excluding hydrogens is 330 g/mol. The Morgan fingerprint density at radius 1 is 1.05 bits per heavy atom. The standard InChI is InChI=1S/C9H15NO5S4/c11-8(12)18-16-5-7(6-17-19-9(13)14)10-1-3-15-4-2-10/h7H,1-6H2,(H,11,12)(H,13,14). The topological polar surface area (TPSA) is 87.1 Å². The molecule has 0 saturated carbocycles. The molecule has 0 amide bonds. The minimum Gasteiger partial charge on any atom is -0.473 e. The predicted octanol–water partition coefficient (Wildman–Crippen LogP) is 2.81. The van der Waals surface area contributed by atoms with E-state index < -0.39 is 10.6 Å². The van der Waals surface area contributed by atoms with Gasteiger partial charge in [0.25, 0.3) is 0 Å². The minimum absolute atomic E-state index is 0.164. The number of rotatable bonds is 7. The summed E-state index contributed by atoms with van der Waals surface area (Å²) in [5.41, 5.74) is 0. The summed E-state index contributed by atoms with van der Waals surface area (Å²) < 4.78 is 5.28. The van der Waals surface area contributed by atoms with Gasteiger partial charge in [0.1, 0.15) is 0 Å². The first kappa shape index (κ1) is 17.3. The third kappa shape index (κ3) is 8.20. The van der Waals surface area contributed by atoms with E-state index >= 15 is 0 Å². The van der Waals surface area contributed by atoms with Crippen molar-refractivity contribution in [3.8, 4) is 0 Å². The van der Waals surface area contributed by atoms with Crippen LogP contribution in [0.2, 0.25) is 0 Å². The van der Waals surface area contributed by atoms with Gasteiger partial charge in [-0.3, -0.25) is 4.90 Å². The van der Waals surface area contributed by atoms with E-state index in [-0.39, 0.29) is 6.04 Å². The molecule has 1 aliphatic rings. The van der Waals surface area contributed by atoms with Crippen molar-refractivity contribution in [2.45, 2.75) is 6.04 Å². The predicted molar refractivity (Wildman–Crippen MR) is 82.3 cm³/mol. The third-order valence-corrected chi connectivity index (χ3v) is 6.28. The Balaban J connectivity index is 2.36. The molecule has 0 radical (unpaired) electrons. The number of morpholine rings is 1. The van der Waals surface area contributed by atoms with Crippen molar-refractivity contribution in [1.82, 2.24) is 4.90 Å². The number of ether oxygens (including phenoxy) is 1. The number of hydrogen-bond donors (Lipinski definition) is 2. The van der Waals surface area contributed by atoms with Crippen LogP contribution in [0.15, 0.2) is 0 Å². The van der Waals surface area contributed by atoms with Crippen LogP contribution in [0.5, 0.6) is 0 Å². The summed E-state index contributed by atoms with van der Waals surface area (Å²) in [5.74, 6) is 1.31. The zero-order valence-electron chi connectivity index (χ0n) is 10.0. The van der Waals surface area contributed by atoms with E-state index in [2.05, 4.69) is 4.90 Å². The van der Waals surface area contributed by atoms with Crippen LogP contribution in [-0.4, -0.2) is 69.6 Å². The lowest BCUT2D eigenvalue weighted by atomic mass is 10.3. The second kappa shape index (κ2) is 10.1. The van der Waals surface area contributed by atoms with E-state index in [0.717, 1.165) is 34.7 Å². The van der Waals surface area contributed by atoms with Crippen LogP contribution >= 0.6 is 43.2 Å². The Morgan fingerprint density at radius 2 is 1.53 bits per heavy atom. The maximum absolute atomic E-state index is 10.5. The number of nitrogens with zero attached hydrogens (tertiary/aromatic N) is 1. The smallest absolute Gasteiger partial charge is 0.375 e. The first-order valence-electron chi connectivity index (χ1n) is 5.46. The number of hydrogen-bond acceptors (Lipinski definition) is 8. The monoisotopic (exact) mass is 345 g/mol. The highest BCUT2D eigenvalue weighted by atomic mass is 33.1. The fourth-order valence-corrected chi connectivity index (χ4v) is 4.94. The van der Waals surface area contributed by atoms with E-state index in [1.807, 2.05) is 0 Å². The summed E-state index contributed by atoms with van der Waals surface area (Å²) in [6, 6.07) is 0.164. The maximum atomic E-state index is 10.5. The number of carbonyl (C=O) groups is 2. The lowest BCUT2D eigenvalue weighted by Crippen LogP contribution is -2.45. The van der Waals surface area contributed by atoms with Crippen LogP contribution in [0, 0.1) is 0 Å². The molecule has 0 unspecified atom stereocenters. The minimum atomic E-state index is -0.904. The fourth-order valence-electron chi connectivity index (χ4n) is 1.53. The normalized spacial score (nSPS) is 16.7. The zero-order valence-corrected chi connectivity index (χ0v) is 13.3. The molecule has 0 atom stereocenters. The highest BCUT2D eigenvalue weighted by Gasteiger charge is 2.22. The molecule has 1 saturated heterocycles. The summed E-state index contributed by atoms with van der Waals surface area (Å²) in [7, 11) is 4.19. The molecule has 10 heteroatoms. The lowest BCUT2D eigenvalue weighted by Gasteiger charge is -2.33. The van der Waals surface area contributed by atoms with E-state index in [1.165, 1.54) is 21.6 Å². The molecule has 110 valence electrons. The molecule has 1 rings (SSSR count). The van der Waals surface area contributed by atoms with Crippen molar-refractivity contribution in [3.05, 3.63) is 0 Å². The quantitative estimate of drug-likeness (QED) is 0.671. The first-order chi connectivity index (χ1) is 9.09. The van der Waals surface area contributed by atoms with Gasteiger partial charge in [0.15, 0.2) is 0 Å². The van der Waals surface area contributed by atoms with Gasteiger partial charge in [0.2, 0.25) is 0 Å². The average Bonchev–Trinajstić information content (AvgIpc) is 2.37. The Kier molecular flexibility index (Phi) is 9.16. The molecule has 0 bridgehead atoms. The van der Waals surface area contributed by atoms with E-state index in [4.69, 9.17) is 14.9 Å². The SMILES string of the molecule is O=C(O)SSCC(CSSC(=O)O)N1CCOCC1. The van der Waals surface area contributed by atoms with Gasteiger partial charge in [-0.25, -0.2) is 9.59 Å². The summed E-state index contributed by atoms with van der Waals surface area (Å²) in [5, 5.41) is 15.4. The van der Waals surface area contributed by atoms with E-state index in [1.54, 1.807) is 0 Å². The Labute approximate surface area is 127 Å². The van der Waals surface area contributed by atoms with Crippen LogP contribution in [0.4, 0.5) is 9.59 Å². The van der Waals surface area contributed by atoms with E-state index in [9.17, 15) is 9.59 Å². The van der Waals surface area contributed by atoms with Crippen molar-refractivity contribution in [3.63, 3.8) is 0 Å². The number of carboxylic acid groups (broad SMARTS) is 2. The molecule has 1 aliphatic heterocycles. The fraction of sp³-hybridized carbons (Fsp3) is 0.778. The lowest BCUT2D eigenvalue weighted by molar-refractivity contribution is 0.0255. The molecule has 19 heavy (non-hydrogen) atoms. The van der Waals surface area contributed by atoms with Crippen LogP contribution in [0.25, 0.3) is 0 Å². The highest BCUT2D eigenvalue weighted by molar-refractivity contribution is 8.82. The second-order valence-electron chi connectivity index (χ2n) is 3.57. The first-order valence-corrected chi connectivity index (χ1v) is 10.1. The van der Waals surface area contributed by atoms with Crippen LogP contribution in [0.3, 0.4) is 0 Å². The van der Waals surface area contributed by atoms with Gasteiger partial charge in [0, 0.05) is 52.2 Å². The molecule has 6 nitrogen and oxygen atoms in total. The molecule has 0 aromatic carbocycles. The van der Waals surface area contributed by atoms with Crippen molar-refractivity contribution in [1.29, 1.82) is 0 Å². The van der Waals surface area contributed by atoms with Gasteiger partial charge in [-0.1, -0.05) is 21.6 Å². The second-order valence-corrected chi connectivity index (χ2v) is 8.15. The Hall–Kier alpha value is 0.260. The van der Waals surface area contributed by atoms with E-state index in [0.29, 0.717) is 24.7 Å². The molecule has 1 fully saturated rings. The van der Waals surface area contributed by atoms with Crippen molar-refractivity contribution in [2.24, 2.45) is 0 Å². The van der Waals surface area contributed by atoms with Gasteiger partial charge in [-0.2, -0.15) is 0 Å². The summed E-state index contributed by atoms with van der Waals surface area (Å²) in [6.45, 7) is 2.95. The molecule has 2 N–H and O–H groups in total. The van der Waals surface area contributed by atoms with Gasteiger partial charge in [0.05, 0.1) is 13.2 Å². The molecule has 0 aromatic rings.